The van der Waals surface area contributed by atoms with Crippen LogP contribution in [0.5, 0.6) is 0 Å². The van der Waals surface area contributed by atoms with Gasteiger partial charge in [0.25, 0.3) is 0 Å². The van der Waals surface area contributed by atoms with Crippen LogP contribution in [0, 0.1) is 11.7 Å². The monoisotopic (exact) mass is 478 g/mol. The van der Waals surface area contributed by atoms with Crippen molar-refractivity contribution in [2.24, 2.45) is 10.9 Å². The average molecular weight is 478 g/mol. The summed E-state index contributed by atoms with van der Waals surface area (Å²) in [5, 5.41) is 6.60. The van der Waals surface area contributed by atoms with Crippen molar-refractivity contribution in [3.63, 3.8) is 0 Å². The minimum absolute atomic E-state index is 0. The molecule has 1 aromatic rings. The van der Waals surface area contributed by atoms with E-state index in [9.17, 15) is 4.39 Å². The first-order valence-electron chi connectivity index (χ1n) is 9.23. The minimum atomic E-state index is -0.179. The van der Waals surface area contributed by atoms with Crippen LogP contribution in [-0.2, 0) is 11.3 Å². The number of hydrogen-bond donors (Lipinski definition) is 2. The molecule has 0 saturated carbocycles. The van der Waals surface area contributed by atoms with Gasteiger partial charge in [-0.15, -0.1) is 24.0 Å². The van der Waals surface area contributed by atoms with Crippen LogP contribution in [0.25, 0.3) is 0 Å². The highest BCUT2D eigenvalue weighted by molar-refractivity contribution is 14.0. The lowest BCUT2D eigenvalue weighted by Crippen LogP contribution is -2.39. The SMILES string of the molecule is CCC(CC)CNC(=NC)NCc1ccc(N2CCOCC2)c(F)c1.I. The number of rotatable bonds is 7. The Bertz CT molecular complexity index is 560. The molecule has 0 bridgehead atoms. The van der Waals surface area contributed by atoms with Gasteiger partial charge in [0.05, 0.1) is 18.9 Å². The van der Waals surface area contributed by atoms with E-state index in [1.807, 2.05) is 17.0 Å². The first kappa shape index (κ1) is 23.0. The predicted molar refractivity (Wildman–Crippen MR) is 117 cm³/mol. The number of hydrogen-bond acceptors (Lipinski definition) is 3. The number of benzene rings is 1. The van der Waals surface area contributed by atoms with Crippen LogP contribution in [0.1, 0.15) is 32.3 Å². The lowest BCUT2D eigenvalue weighted by Gasteiger charge is -2.29. The fourth-order valence-electron chi connectivity index (χ4n) is 2.95. The van der Waals surface area contributed by atoms with E-state index >= 15 is 0 Å². The Labute approximate surface area is 173 Å². The molecule has 2 rings (SSSR count). The van der Waals surface area contributed by atoms with E-state index in [0.717, 1.165) is 44.0 Å². The molecule has 1 aliphatic heterocycles. The number of guanidine groups is 1. The third-order valence-corrected chi connectivity index (χ3v) is 4.76. The van der Waals surface area contributed by atoms with Crippen molar-refractivity contribution < 1.29 is 9.13 Å². The van der Waals surface area contributed by atoms with Crippen LogP contribution in [0.4, 0.5) is 10.1 Å². The molecule has 0 aliphatic carbocycles. The fourth-order valence-corrected chi connectivity index (χ4v) is 2.95. The van der Waals surface area contributed by atoms with Crippen LogP contribution < -0.4 is 15.5 Å². The van der Waals surface area contributed by atoms with Gasteiger partial charge >= 0.3 is 0 Å². The number of ether oxygens (including phenoxy) is 1. The van der Waals surface area contributed by atoms with Crippen molar-refractivity contribution in [3.05, 3.63) is 29.6 Å². The normalized spacial score (nSPS) is 15.0. The molecular weight excluding hydrogens is 446 g/mol. The molecule has 7 heteroatoms. The number of morpholine rings is 1. The molecule has 1 aliphatic rings. The largest absolute Gasteiger partial charge is 0.378 e. The molecule has 148 valence electrons. The van der Waals surface area contributed by atoms with Gasteiger partial charge in [-0.05, 0) is 23.6 Å². The van der Waals surface area contributed by atoms with Gasteiger partial charge in [0.1, 0.15) is 5.82 Å². The van der Waals surface area contributed by atoms with Gasteiger partial charge in [0.15, 0.2) is 5.96 Å². The van der Waals surface area contributed by atoms with Crippen molar-refractivity contribution in [2.45, 2.75) is 33.2 Å². The van der Waals surface area contributed by atoms with Crippen LogP contribution in [0.15, 0.2) is 23.2 Å². The molecule has 0 amide bonds. The Balaban J connectivity index is 0.00000338. The van der Waals surface area contributed by atoms with Crippen molar-refractivity contribution in [1.29, 1.82) is 0 Å². The maximum absolute atomic E-state index is 14.4. The van der Waals surface area contributed by atoms with Crippen molar-refractivity contribution in [3.8, 4) is 0 Å². The van der Waals surface area contributed by atoms with E-state index in [-0.39, 0.29) is 29.8 Å². The van der Waals surface area contributed by atoms with Gasteiger partial charge in [-0.1, -0.05) is 32.8 Å². The topological polar surface area (TPSA) is 48.9 Å². The van der Waals surface area contributed by atoms with E-state index in [1.54, 1.807) is 13.1 Å². The van der Waals surface area contributed by atoms with Crippen LogP contribution in [0.2, 0.25) is 0 Å². The molecule has 1 heterocycles. The number of anilines is 1. The molecule has 0 radical (unpaired) electrons. The number of aliphatic imine (C=N–C) groups is 1. The number of nitrogens with zero attached hydrogens (tertiary/aromatic N) is 2. The highest BCUT2D eigenvalue weighted by atomic mass is 127. The molecule has 5 nitrogen and oxygen atoms in total. The quantitative estimate of drug-likeness (QED) is 0.359. The van der Waals surface area contributed by atoms with Crippen LogP contribution in [-0.4, -0.2) is 45.9 Å². The second-order valence-corrected chi connectivity index (χ2v) is 6.37. The summed E-state index contributed by atoms with van der Waals surface area (Å²) >= 11 is 0. The maximum atomic E-state index is 14.4. The van der Waals surface area contributed by atoms with Gasteiger partial charge in [0, 0.05) is 33.2 Å². The minimum Gasteiger partial charge on any atom is -0.378 e. The van der Waals surface area contributed by atoms with Crippen LogP contribution >= 0.6 is 24.0 Å². The average Bonchev–Trinajstić information content (AvgIpc) is 2.65. The molecule has 0 aromatic heterocycles. The zero-order valence-corrected chi connectivity index (χ0v) is 18.4. The Morgan fingerprint density at radius 2 is 1.92 bits per heavy atom. The number of halogens is 2. The van der Waals surface area contributed by atoms with E-state index in [4.69, 9.17) is 4.74 Å². The van der Waals surface area contributed by atoms with Gasteiger partial charge in [0.2, 0.25) is 0 Å². The molecule has 0 unspecified atom stereocenters. The Kier molecular flexibility index (Phi) is 10.9. The summed E-state index contributed by atoms with van der Waals surface area (Å²) in [7, 11) is 1.75. The molecule has 26 heavy (non-hydrogen) atoms. The second-order valence-electron chi connectivity index (χ2n) is 6.37. The standard InChI is InChI=1S/C19H31FN4O.HI/c1-4-15(5-2)13-22-19(21-3)23-14-16-6-7-18(17(20)12-16)24-8-10-25-11-9-24;/h6-7,12,15H,4-5,8-11,13-14H2,1-3H3,(H2,21,22,23);1H. The smallest absolute Gasteiger partial charge is 0.191 e. The summed E-state index contributed by atoms with van der Waals surface area (Å²) in [5.41, 5.74) is 1.56. The summed E-state index contributed by atoms with van der Waals surface area (Å²) in [6.45, 7) is 8.63. The molecule has 1 saturated heterocycles. The number of nitrogens with one attached hydrogen (secondary N) is 2. The maximum Gasteiger partial charge on any atom is 0.191 e. The highest BCUT2D eigenvalue weighted by Crippen LogP contribution is 2.21. The molecule has 0 atom stereocenters. The molecule has 0 spiro atoms. The van der Waals surface area contributed by atoms with Crippen molar-refractivity contribution in [1.82, 2.24) is 10.6 Å². The van der Waals surface area contributed by atoms with Crippen LogP contribution in [0.3, 0.4) is 0 Å². The molecule has 1 fully saturated rings. The molecule has 2 N–H and O–H groups in total. The van der Waals surface area contributed by atoms with Gasteiger partial charge in [-0.2, -0.15) is 0 Å². The van der Waals surface area contributed by atoms with E-state index in [0.29, 0.717) is 31.4 Å². The lowest BCUT2D eigenvalue weighted by molar-refractivity contribution is 0.122. The Hall–Kier alpha value is -1.09. The predicted octanol–water partition coefficient (Wildman–Crippen LogP) is 3.38. The third-order valence-electron chi connectivity index (χ3n) is 4.76. The zero-order chi connectivity index (χ0) is 18.1. The summed E-state index contributed by atoms with van der Waals surface area (Å²) in [6, 6.07) is 5.43. The van der Waals surface area contributed by atoms with Crippen molar-refractivity contribution >= 4 is 35.6 Å². The first-order valence-corrected chi connectivity index (χ1v) is 9.23. The molecule has 1 aromatic carbocycles. The van der Waals surface area contributed by atoms with Gasteiger partial charge in [-0.3, -0.25) is 4.99 Å². The van der Waals surface area contributed by atoms with Gasteiger partial charge < -0.3 is 20.3 Å². The first-order chi connectivity index (χ1) is 12.2. The zero-order valence-electron chi connectivity index (χ0n) is 16.1. The van der Waals surface area contributed by atoms with E-state index in [1.165, 1.54) is 0 Å². The lowest BCUT2D eigenvalue weighted by atomic mass is 10.0. The summed E-state index contributed by atoms with van der Waals surface area (Å²) in [6.07, 6.45) is 2.30. The van der Waals surface area contributed by atoms with E-state index in [2.05, 4.69) is 29.5 Å². The summed E-state index contributed by atoms with van der Waals surface area (Å²) < 4.78 is 19.8. The fraction of sp³-hybridized carbons (Fsp3) is 0.632. The highest BCUT2D eigenvalue weighted by Gasteiger charge is 2.15. The second kappa shape index (κ2) is 12.3. The van der Waals surface area contributed by atoms with Gasteiger partial charge in [-0.25, -0.2) is 4.39 Å². The Morgan fingerprint density at radius 3 is 2.50 bits per heavy atom. The van der Waals surface area contributed by atoms with E-state index < -0.39 is 0 Å². The summed E-state index contributed by atoms with van der Waals surface area (Å²) in [5.74, 6) is 1.22. The third kappa shape index (κ3) is 6.90. The Morgan fingerprint density at radius 1 is 1.23 bits per heavy atom. The van der Waals surface area contributed by atoms with Crippen molar-refractivity contribution in [2.75, 3.05) is 44.8 Å². The molecular formula is C19H32FIN4O. The summed E-state index contributed by atoms with van der Waals surface area (Å²) in [4.78, 5) is 6.27.